The first-order valence-electron chi connectivity index (χ1n) is 3.91. The number of halogens is 2. The molecule has 0 aromatic carbocycles. The van der Waals surface area contributed by atoms with Crippen molar-refractivity contribution in [3.8, 4) is 0 Å². The Hall–Kier alpha value is 0.320. The minimum Gasteiger partial charge on any atom is -0.320 e. The molecule has 14 heavy (non-hydrogen) atoms. The van der Waals surface area contributed by atoms with Gasteiger partial charge in [0.15, 0.2) is 0 Å². The van der Waals surface area contributed by atoms with Crippen molar-refractivity contribution in [2.75, 3.05) is 0 Å². The molecule has 2 N–H and O–H groups in total. The van der Waals surface area contributed by atoms with Crippen molar-refractivity contribution in [2.24, 2.45) is 5.73 Å². The summed E-state index contributed by atoms with van der Waals surface area (Å²) in [5, 5.41) is 4.14. The van der Waals surface area contributed by atoms with Crippen LogP contribution in [0, 0.1) is 0 Å². The van der Waals surface area contributed by atoms with E-state index in [1.54, 1.807) is 22.7 Å². The topological polar surface area (TPSA) is 26.0 Å². The molecule has 0 amide bonds. The Kier molecular flexibility index (Phi) is 3.44. The van der Waals surface area contributed by atoms with Gasteiger partial charge < -0.3 is 5.73 Å². The van der Waals surface area contributed by atoms with Crippen molar-refractivity contribution in [2.45, 2.75) is 6.04 Å². The van der Waals surface area contributed by atoms with Gasteiger partial charge in [-0.25, -0.2) is 0 Å². The Morgan fingerprint density at radius 3 is 2.50 bits per heavy atom. The van der Waals surface area contributed by atoms with Crippen LogP contribution in [0.5, 0.6) is 0 Å². The molecule has 0 spiro atoms. The highest BCUT2D eigenvalue weighted by Crippen LogP contribution is 2.34. The largest absolute Gasteiger partial charge is 0.320 e. The second-order valence-electron chi connectivity index (χ2n) is 2.79. The fourth-order valence-electron chi connectivity index (χ4n) is 1.16. The number of hydrogen-bond acceptors (Lipinski definition) is 3. The Morgan fingerprint density at radius 2 is 2.00 bits per heavy atom. The van der Waals surface area contributed by atoms with E-state index in [1.165, 1.54) is 4.88 Å². The lowest BCUT2D eigenvalue weighted by atomic mass is 10.1. The minimum absolute atomic E-state index is 0.0214. The zero-order valence-corrected chi connectivity index (χ0v) is 11.8. The molecule has 0 aliphatic rings. The summed E-state index contributed by atoms with van der Waals surface area (Å²) in [6.45, 7) is 0. The maximum atomic E-state index is 6.14. The number of hydrogen-bond donors (Lipinski definition) is 1. The molecule has 0 aliphatic carbocycles. The molecule has 2 aromatic heterocycles. The molecule has 0 fully saturated rings. The van der Waals surface area contributed by atoms with Crippen LogP contribution in [0.2, 0.25) is 0 Å². The van der Waals surface area contributed by atoms with E-state index >= 15 is 0 Å². The first-order valence-corrected chi connectivity index (χ1v) is 7.25. The van der Waals surface area contributed by atoms with Crippen LogP contribution in [-0.4, -0.2) is 0 Å². The van der Waals surface area contributed by atoms with E-state index in [-0.39, 0.29) is 6.04 Å². The third kappa shape index (κ3) is 2.12. The molecule has 1 unspecified atom stereocenters. The van der Waals surface area contributed by atoms with E-state index in [1.807, 2.05) is 6.07 Å². The Bertz CT molecular complexity index is 435. The zero-order chi connectivity index (χ0) is 10.1. The fourth-order valence-corrected chi connectivity index (χ4v) is 4.19. The summed E-state index contributed by atoms with van der Waals surface area (Å²) in [6, 6.07) is 4.07. The number of rotatable bonds is 2. The van der Waals surface area contributed by atoms with Gasteiger partial charge in [-0.15, -0.1) is 11.3 Å². The molecule has 2 rings (SSSR count). The van der Waals surface area contributed by atoms with Gasteiger partial charge in [-0.1, -0.05) is 0 Å². The van der Waals surface area contributed by atoms with Gasteiger partial charge in [-0.05, 0) is 54.9 Å². The van der Waals surface area contributed by atoms with Crippen molar-refractivity contribution in [1.82, 2.24) is 0 Å². The average Bonchev–Trinajstić information content (AvgIpc) is 2.73. The van der Waals surface area contributed by atoms with Gasteiger partial charge in [0.2, 0.25) is 0 Å². The Morgan fingerprint density at radius 1 is 1.21 bits per heavy atom. The Balaban J connectivity index is 2.33. The summed E-state index contributed by atoms with van der Waals surface area (Å²) in [5.41, 5.74) is 7.30. The van der Waals surface area contributed by atoms with Gasteiger partial charge >= 0.3 is 0 Å². The summed E-state index contributed by atoms with van der Waals surface area (Å²) in [6.07, 6.45) is 0. The minimum atomic E-state index is -0.0214. The Labute approximate surface area is 107 Å². The van der Waals surface area contributed by atoms with Crippen molar-refractivity contribution in [3.05, 3.63) is 41.6 Å². The molecular weight excluding hydrogens is 346 g/mol. The molecule has 0 bridgehead atoms. The molecule has 0 aliphatic heterocycles. The second kappa shape index (κ2) is 4.45. The van der Waals surface area contributed by atoms with Crippen molar-refractivity contribution in [3.63, 3.8) is 0 Å². The van der Waals surface area contributed by atoms with Crippen LogP contribution in [0.1, 0.15) is 16.5 Å². The molecule has 2 aromatic rings. The monoisotopic (exact) mass is 351 g/mol. The highest BCUT2D eigenvalue weighted by molar-refractivity contribution is 9.11. The van der Waals surface area contributed by atoms with Crippen LogP contribution < -0.4 is 5.73 Å². The van der Waals surface area contributed by atoms with E-state index in [0.29, 0.717) is 0 Å². The molecule has 2 heterocycles. The second-order valence-corrected chi connectivity index (χ2v) is 6.89. The lowest BCUT2D eigenvalue weighted by molar-refractivity contribution is 0.894. The highest BCUT2D eigenvalue weighted by atomic mass is 79.9. The third-order valence-corrected chi connectivity index (χ3v) is 5.34. The van der Waals surface area contributed by atoms with Crippen molar-refractivity contribution in [1.29, 1.82) is 0 Å². The maximum Gasteiger partial charge on any atom is 0.0702 e. The van der Waals surface area contributed by atoms with Crippen molar-refractivity contribution >= 4 is 54.5 Å². The van der Waals surface area contributed by atoms with Crippen LogP contribution in [0.4, 0.5) is 0 Å². The number of nitrogens with two attached hydrogens (primary N) is 1. The molecule has 74 valence electrons. The predicted octanol–water partition coefficient (Wildman–Crippen LogP) is 4.38. The molecule has 0 saturated carbocycles. The normalized spacial score (nSPS) is 13.1. The van der Waals surface area contributed by atoms with E-state index in [9.17, 15) is 0 Å². The molecule has 5 heteroatoms. The summed E-state index contributed by atoms with van der Waals surface area (Å²) >= 11 is 10.3. The molecular formula is C9H7Br2NS2. The van der Waals surface area contributed by atoms with Gasteiger partial charge in [0.1, 0.15) is 0 Å². The number of thiophene rings is 2. The molecule has 0 saturated heterocycles. The van der Waals surface area contributed by atoms with Crippen LogP contribution >= 0.6 is 54.5 Å². The lowest BCUT2D eigenvalue weighted by Gasteiger charge is -2.07. The van der Waals surface area contributed by atoms with Crippen LogP contribution in [0.25, 0.3) is 0 Å². The SMILES string of the molecule is NC(c1ccc(Br)s1)c1cscc1Br. The standard InChI is InChI=1S/C9H7Br2NS2/c10-6-4-13-3-5(6)9(12)7-1-2-8(11)14-7/h1-4,9H,12H2. The summed E-state index contributed by atoms with van der Waals surface area (Å²) in [7, 11) is 0. The molecule has 1 atom stereocenters. The van der Waals surface area contributed by atoms with Crippen LogP contribution in [0.3, 0.4) is 0 Å². The first kappa shape index (κ1) is 10.8. The van der Waals surface area contributed by atoms with Gasteiger partial charge in [0, 0.05) is 14.7 Å². The van der Waals surface area contributed by atoms with E-state index in [0.717, 1.165) is 13.8 Å². The maximum absolute atomic E-state index is 6.14. The quantitative estimate of drug-likeness (QED) is 0.852. The smallest absolute Gasteiger partial charge is 0.0702 e. The summed E-state index contributed by atoms with van der Waals surface area (Å²) in [4.78, 5) is 1.18. The van der Waals surface area contributed by atoms with E-state index in [2.05, 4.69) is 48.7 Å². The fraction of sp³-hybridized carbons (Fsp3) is 0.111. The average molecular weight is 353 g/mol. The summed E-state index contributed by atoms with van der Waals surface area (Å²) in [5.74, 6) is 0. The van der Waals surface area contributed by atoms with E-state index in [4.69, 9.17) is 5.73 Å². The van der Waals surface area contributed by atoms with Gasteiger partial charge in [-0.3, -0.25) is 0 Å². The lowest BCUT2D eigenvalue weighted by Crippen LogP contribution is -2.09. The van der Waals surface area contributed by atoms with Crippen molar-refractivity contribution < 1.29 is 0 Å². The molecule has 1 nitrogen and oxygen atoms in total. The van der Waals surface area contributed by atoms with Crippen LogP contribution in [0.15, 0.2) is 31.2 Å². The molecule has 0 radical (unpaired) electrons. The zero-order valence-electron chi connectivity index (χ0n) is 7.04. The third-order valence-electron chi connectivity index (χ3n) is 1.88. The van der Waals surface area contributed by atoms with E-state index < -0.39 is 0 Å². The predicted molar refractivity (Wildman–Crippen MR) is 70.1 cm³/mol. The van der Waals surface area contributed by atoms with Gasteiger partial charge in [0.25, 0.3) is 0 Å². The highest BCUT2D eigenvalue weighted by Gasteiger charge is 2.14. The van der Waals surface area contributed by atoms with Crippen LogP contribution in [-0.2, 0) is 0 Å². The van der Waals surface area contributed by atoms with Gasteiger partial charge in [0.05, 0.1) is 9.83 Å². The van der Waals surface area contributed by atoms with Gasteiger partial charge in [-0.2, -0.15) is 11.3 Å². The summed E-state index contributed by atoms with van der Waals surface area (Å²) < 4.78 is 2.22. The first-order chi connectivity index (χ1) is 6.68.